The molecule has 1 atom stereocenters. The third kappa shape index (κ3) is 3.28. The maximum atomic E-state index is 11.9. The van der Waals surface area contributed by atoms with Crippen LogP contribution in [-0.4, -0.2) is 32.6 Å². The molecule has 0 aliphatic rings. The standard InChI is InChI=1S/C11H13N3O3S/c1-4-5-7(11(16)17)12-10(15)9-8(6(2)3)13-14-18-9/h1,6-7H,5H2,2-3H3,(H,12,15)(H,16,17). The first-order valence-electron chi connectivity index (χ1n) is 5.26. The number of aliphatic carboxylic acids is 1. The Labute approximate surface area is 109 Å². The van der Waals surface area contributed by atoms with E-state index in [1.54, 1.807) is 0 Å². The van der Waals surface area contributed by atoms with Crippen LogP contribution in [0.2, 0.25) is 0 Å². The molecule has 1 aromatic rings. The van der Waals surface area contributed by atoms with Gasteiger partial charge in [0, 0.05) is 6.42 Å². The molecule has 1 amide bonds. The minimum absolute atomic E-state index is 0.0420. The number of rotatable bonds is 5. The molecule has 6 nitrogen and oxygen atoms in total. The van der Waals surface area contributed by atoms with Gasteiger partial charge in [0.2, 0.25) is 0 Å². The Kier molecular flexibility index (Phi) is 4.80. The molecular weight excluding hydrogens is 254 g/mol. The third-order valence-corrected chi connectivity index (χ3v) is 2.93. The van der Waals surface area contributed by atoms with Gasteiger partial charge in [-0.2, -0.15) is 0 Å². The monoisotopic (exact) mass is 267 g/mol. The van der Waals surface area contributed by atoms with Crippen LogP contribution in [0.25, 0.3) is 0 Å². The predicted molar refractivity (Wildman–Crippen MR) is 66.3 cm³/mol. The Morgan fingerprint density at radius 1 is 1.56 bits per heavy atom. The highest BCUT2D eigenvalue weighted by atomic mass is 32.1. The summed E-state index contributed by atoms with van der Waals surface area (Å²) < 4.78 is 3.71. The number of amides is 1. The van der Waals surface area contributed by atoms with Crippen LogP contribution >= 0.6 is 11.5 Å². The molecule has 0 spiro atoms. The van der Waals surface area contributed by atoms with Gasteiger partial charge in [0.1, 0.15) is 10.9 Å². The van der Waals surface area contributed by atoms with Crippen LogP contribution in [0.4, 0.5) is 0 Å². The minimum atomic E-state index is -1.16. The SMILES string of the molecule is C#CCC(NC(=O)c1snnc1C(C)C)C(=O)O. The molecule has 1 rings (SSSR count). The molecule has 0 aliphatic heterocycles. The minimum Gasteiger partial charge on any atom is -0.480 e. The van der Waals surface area contributed by atoms with Crippen molar-refractivity contribution in [3.63, 3.8) is 0 Å². The van der Waals surface area contributed by atoms with Crippen molar-refractivity contribution in [2.75, 3.05) is 0 Å². The molecule has 0 bridgehead atoms. The van der Waals surface area contributed by atoms with Crippen LogP contribution in [0.5, 0.6) is 0 Å². The van der Waals surface area contributed by atoms with E-state index in [1.165, 1.54) is 0 Å². The van der Waals surface area contributed by atoms with Crippen LogP contribution < -0.4 is 5.32 Å². The highest BCUT2D eigenvalue weighted by Crippen LogP contribution is 2.19. The summed E-state index contributed by atoms with van der Waals surface area (Å²) in [6.45, 7) is 3.76. The van der Waals surface area contributed by atoms with Gasteiger partial charge in [0.15, 0.2) is 0 Å². The number of nitrogens with zero attached hydrogens (tertiary/aromatic N) is 2. The van der Waals surface area contributed by atoms with E-state index in [1.807, 2.05) is 13.8 Å². The first-order chi connectivity index (χ1) is 8.47. The second-order valence-corrected chi connectivity index (χ2v) is 4.67. The van der Waals surface area contributed by atoms with E-state index >= 15 is 0 Å². The maximum absolute atomic E-state index is 11.9. The van der Waals surface area contributed by atoms with Crippen molar-refractivity contribution < 1.29 is 14.7 Å². The Morgan fingerprint density at radius 3 is 2.72 bits per heavy atom. The molecule has 0 saturated heterocycles. The van der Waals surface area contributed by atoms with Gasteiger partial charge in [-0.25, -0.2) is 4.79 Å². The van der Waals surface area contributed by atoms with E-state index in [4.69, 9.17) is 11.5 Å². The zero-order chi connectivity index (χ0) is 13.7. The summed E-state index contributed by atoms with van der Waals surface area (Å²) in [4.78, 5) is 23.1. The summed E-state index contributed by atoms with van der Waals surface area (Å²) in [5.41, 5.74) is 0.558. The highest BCUT2D eigenvalue weighted by Gasteiger charge is 2.24. The van der Waals surface area contributed by atoms with Gasteiger partial charge < -0.3 is 10.4 Å². The molecule has 7 heteroatoms. The lowest BCUT2D eigenvalue weighted by Crippen LogP contribution is -2.40. The van der Waals surface area contributed by atoms with Gasteiger partial charge in [0.25, 0.3) is 5.91 Å². The molecule has 0 radical (unpaired) electrons. The van der Waals surface area contributed by atoms with Crippen molar-refractivity contribution in [3.05, 3.63) is 10.6 Å². The van der Waals surface area contributed by atoms with Crippen LogP contribution in [0, 0.1) is 12.3 Å². The number of carboxylic acid groups (broad SMARTS) is 1. The van der Waals surface area contributed by atoms with E-state index in [-0.39, 0.29) is 12.3 Å². The zero-order valence-electron chi connectivity index (χ0n) is 10.0. The fourth-order valence-electron chi connectivity index (χ4n) is 1.27. The van der Waals surface area contributed by atoms with Crippen LogP contribution in [0.1, 0.15) is 41.6 Å². The fourth-order valence-corrected chi connectivity index (χ4v) is 2.00. The number of carboxylic acids is 1. The first-order valence-corrected chi connectivity index (χ1v) is 6.04. The molecule has 18 heavy (non-hydrogen) atoms. The molecule has 1 aromatic heterocycles. The number of carbonyl (C=O) groups excluding carboxylic acids is 1. The lowest BCUT2D eigenvalue weighted by Gasteiger charge is -2.11. The summed E-state index contributed by atoms with van der Waals surface area (Å²) >= 11 is 0.940. The molecule has 0 fully saturated rings. The Morgan fingerprint density at radius 2 is 2.22 bits per heavy atom. The lowest BCUT2D eigenvalue weighted by molar-refractivity contribution is -0.139. The van der Waals surface area contributed by atoms with Gasteiger partial charge in [0.05, 0.1) is 5.69 Å². The average Bonchev–Trinajstić information content (AvgIpc) is 2.77. The van der Waals surface area contributed by atoms with Crippen molar-refractivity contribution in [1.29, 1.82) is 0 Å². The van der Waals surface area contributed by atoms with Crippen molar-refractivity contribution in [2.24, 2.45) is 0 Å². The van der Waals surface area contributed by atoms with E-state index in [9.17, 15) is 9.59 Å². The number of hydrogen-bond donors (Lipinski definition) is 2. The molecule has 2 N–H and O–H groups in total. The second-order valence-electron chi connectivity index (χ2n) is 3.91. The van der Waals surface area contributed by atoms with Crippen molar-refractivity contribution >= 4 is 23.4 Å². The molecule has 0 aromatic carbocycles. The lowest BCUT2D eigenvalue weighted by atomic mass is 10.1. The molecule has 96 valence electrons. The largest absolute Gasteiger partial charge is 0.480 e. The molecule has 1 unspecified atom stereocenters. The summed E-state index contributed by atoms with van der Waals surface area (Å²) in [6, 6.07) is -1.09. The van der Waals surface area contributed by atoms with Gasteiger partial charge in [-0.3, -0.25) is 4.79 Å². The summed E-state index contributed by atoms with van der Waals surface area (Å²) in [5, 5.41) is 15.1. The van der Waals surface area contributed by atoms with E-state index in [2.05, 4.69) is 20.8 Å². The fraction of sp³-hybridized carbons (Fsp3) is 0.455. The van der Waals surface area contributed by atoms with Crippen LogP contribution in [-0.2, 0) is 4.79 Å². The number of carbonyl (C=O) groups is 2. The summed E-state index contributed by atoms with van der Waals surface area (Å²) in [5.74, 6) is 0.590. The van der Waals surface area contributed by atoms with Gasteiger partial charge in [-0.15, -0.1) is 17.4 Å². The second kappa shape index (κ2) is 6.12. The van der Waals surface area contributed by atoms with Crippen molar-refractivity contribution in [3.8, 4) is 12.3 Å². The van der Waals surface area contributed by atoms with E-state index in [0.717, 1.165) is 11.5 Å². The summed E-state index contributed by atoms with van der Waals surface area (Å²) in [7, 11) is 0. The van der Waals surface area contributed by atoms with Gasteiger partial charge >= 0.3 is 5.97 Å². The Balaban J connectivity index is 2.84. The molecule has 0 aliphatic carbocycles. The Hall–Kier alpha value is -1.94. The Bertz CT molecular complexity index is 490. The van der Waals surface area contributed by atoms with Crippen molar-refractivity contribution in [2.45, 2.75) is 32.2 Å². The number of nitrogens with one attached hydrogen (secondary N) is 1. The smallest absolute Gasteiger partial charge is 0.327 e. The van der Waals surface area contributed by atoms with E-state index in [0.29, 0.717) is 10.6 Å². The van der Waals surface area contributed by atoms with Gasteiger partial charge in [-0.1, -0.05) is 18.3 Å². The number of hydrogen-bond acceptors (Lipinski definition) is 5. The van der Waals surface area contributed by atoms with Crippen LogP contribution in [0.3, 0.4) is 0 Å². The average molecular weight is 267 g/mol. The number of terminal acetylenes is 1. The highest BCUT2D eigenvalue weighted by molar-refractivity contribution is 7.08. The normalized spacial score (nSPS) is 11.9. The first kappa shape index (κ1) is 14.1. The zero-order valence-corrected chi connectivity index (χ0v) is 10.8. The molecular formula is C11H13N3O3S. The topological polar surface area (TPSA) is 92.2 Å². The molecule has 1 heterocycles. The summed E-state index contributed by atoms with van der Waals surface area (Å²) in [6.07, 6.45) is 4.99. The van der Waals surface area contributed by atoms with Gasteiger partial charge in [-0.05, 0) is 17.5 Å². The van der Waals surface area contributed by atoms with Crippen LogP contribution in [0.15, 0.2) is 0 Å². The maximum Gasteiger partial charge on any atom is 0.327 e. The quantitative estimate of drug-likeness (QED) is 0.772. The van der Waals surface area contributed by atoms with E-state index < -0.39 is 17.9 Å². The predicted octanol–water partition coefficient (Wildman–Crippen LogP) is 0.868. The third-order valence-electron chi connectivity index (χ3n) is 2.19. The van der Waals surface area contributed by atoms with Crippen molar-refractivity contribution in [1.82, 2.24) is 14.9 Å². The number of aromatic nitrogens is 2. The molecule has 0 saturated carbocycles.